The van der Waals surface area contributed by atoms with Crippen LogP contribution in [0.1, 0.15) is 116 Å². The normalized spacial score (nSPS) is 23.2. The van der Waals surface area contributed by atoms with Gasteiger partial charge in [-0.2, -0.15) is 10.4 Å². The number of benzene rings is 2. The van der Waals surface area contributed by atoms with Crippen LogP contribution in [-0.4, -0.2) is 218 Å². The monoisotopic (exact) mass is 1260 g/mol. The summed E-state index contributed by atoms with van der Waals surface area (Å²) in [6.45, 7) is 8.42. The second-order valence-electron chi connectivity index (χ2n) is 24.2. The van der Waals surface area contributed by atoms with E-state index in [0.717, 1.165) is 31.2 Å². The van der Waals surface area contributed by atoms with Crippen LogP contribution in [0.15, 0.2) is 64.8 Å². The zero-order chi connectivity index (χ0) is 63.5. The highest BCUT2D eigenvalue weighted by Gasteiger charge is 2.52. The van der Waals surface area contributed by atoms with Crippen LogP contribution in [0, 0.1) is 28.9 Å². The van der Waals surface area contributed by atoms with E-state index in [1.54, 1.807) is 41.0 Å². The van der Waals surface area contributed by atoms with Crippen molar-refractivity contribution in [1.82, 2.24) is 40.6 Å². The van der Waals surface area contributed by atoms with Crippen LogP contribution in [0.4, 0.5) is 20.3 Å². The zero-order valence-electron chi connectivity index (χ0n) is 51.5. The highest BCUT2D eigenvalue weighted by molar-refractivity contribution is 8.14. The molecule has 5 N–H and O–H groups in total. The van der Waals surface area contributed by atoms with E-state index in [9.17, 15) is 42.8 Å². The SMILES string of the molecule is CN[C@H](C)C(=O)N[C@@H](C(=O)N1CCC[C@@H]1C1=NC(C(=O)c2ccc(F)cc2)CS1)C1CCN(C(=O)CCOCCOCCOCCOCCC(=O)NCCN2N=C3CN(C4CC4)C(=O)c4ccc(F)cc4[C@H]4CCCN4c4cc(cnc4N)C3(C)C2C#N)CC1. The molecule has 5 amide bonds. The summed E-state index contributed by atoms with van der Waals surface area (Å²) in [6.07, 6.45) is 7.60. The number of fused-ring (bicyclic) bond motifs is 8. The van der Waals surface area contributed by atoms with E-state index in [1.165, 1.54) is 48.2 Å². The molecule has 1 saturated carbocycles. The molecule has 2 bridgehead atoms. The number of piperidine rings is 1. The molecule has 90 heavy (non-hydrogen) atoms. The second-order valence-corrected chi connectivity index (χ2v) is 25.2. The first-order chi connectivity index (χ1) is 43.6. The van der Waals surface area contributed by atoms with Crippen molar-refractivity contribution < 1.29 is 56.5 Å². The van der Waals surface area contributed by atoms with Gasteiger partial charge in [0, 0.05) is 68.3 Å². The molecule has 0 spiro atoms. The first-order valence-corrected chi connectivity index (χ1v) is 32.6. The van der Waals surface area contributed by atoms with Crippen LogP contribution >= 0.6 is 11.8 Å². The topological polar surface area (TPSA) is 279 Å². The smallest absolute Gasteiger partial charge is 0.254 e. The average Bonchev–Trinajstić information content (AvgIpc) is 1.53. The van der Waals surface area contributed by atoms with Gasteiger partial charge in [-0.05, 0) is 138 Å². The maximum Gasteiger partial charge on any atom is 0.254 e. The Hall–Kier alpha value is -7.15. The van der Waals surface area contributed by atoms with Gasteiger partial charge in [0.25, 0.3) is 5.91 Å². The van der Waals surface area contributed by atoms with E-state index < -0.39 is 41.2 Å². The molecule has 26 heteroatoms. The number of nitrogens with zero attached hydrogens (tertiary/aromatic N) is 9. The van der Waals surface area contributed by atoms with Gasteiger partial charge in [0.1, 0.15) is 35.6 Å². The Balaban J connectivity index is 0.594. The highest BCUT2D eigenvalue weighted by atomic mass is 32.2. The maximum atomic E-state index is 14.9. The number of halogens is 2. The number of pyridine rings is 1. The number of likely N-dealkylation sites (tertiary alicyclic amines) is 2. The number of anilines is 2. The standard InChI is InChI=1S/C64H83F2N13O10S/c1-40(69-3)60(83)73-57(63(85)77-22-5-7-51(77)61-72-49(39-90-61)58(82)42-8-10-44(65)11-9-42)41-16-23-75(24-17-41)56(81)19-27-87-29-31-89-33-32-88-30-28-86-26-18-55(80)70-20-25-79-54(36-67)64(2)43-34-52(59(68)71-37-43)76-21-4-6-50(76)48-35-45(66)12-15-47(48)62(84)78(46-13-14-46)38-53(64)74-79/h8-12,15,34-35,37,40-41,46,49-51,54,57,69H,4-7,13-14,16-33,38-39H2,1-3H3,(H2,68,71)(H,70,80)(H,73,83)/t40-,49?,50-,51-,54?,57-,64?/m1/s1. The number of nitrogens with two attached hydrogens (primary N) is 1. The molecule has 10 rings (SSSR count). The van der Waals surface area contributed by atoms with E-state index >= 15 is 0 Å². The molecule has 3 saturated heterocycles. The fourth-order valence-corrected chi connectivity index (χ4v) is 14.2. The lowest BCUT2D eigenvalue weighted by Gasteiger charge is -2.38. The number of hydrogen-bond acceptors (Lipinski definition) is 19. The molecule has 7 atom stereocenters. The molecule has 484 valence electrons. The number of hydrogen-bond donors (Lipinski definition) is 4. The molecule has 23 nitrogen and oxygen atoms in total. The second kappa shape index (κ2) is 30.3. The van der Waals surface area contributed by atoms with E-state index in [-0.39, 0.29) is 118 Å². The number of aliphatic imine (C=N–C) groups is 1. The Morgan fingerprint density at radius 1 is 0.833 bits per heavy atom. The van der Waals surface area contributed by atoms with Crippen molar-refractivity contribution in [2.75, 3.05) is 122 Å². The van der Waals surface area contributed by atoms with Gasteiger partial charge in [0.15, 0.2) is 5.78 Å². The molecule has 4 fully saturated rings. The third-order valence-corrected chi connectivity index (χ3v) is 19.6. The Kier molecular flexibility index (Phi) is 22.2. The van der Waals surface area contributed by atoms with Crippen molar-refractivity contribution in [2.24, 2.45) is 16.0 Å². The third kappa shape index (κ3) is 15.3. The van der Waals surface area contributed by atoms with Gasteiger partial charge in [-0.25, -0.2) is 13.8 Å². The predicted octanol–water partition coefficient (Wildman–Crippen LogP) is 4.41. The average molecular weight is 1260 g/mol. The molecule has 1 aliphatic carbocycles. The van der Waals surface area contributed by atoms with Gasteiger partial charge in [-0.15, -0.1) is 11.8 Å². The van der Waals surface area contributed by atoms with Gasteiger partial charge in [-0.3, -0.25) is 38.8 Å². The Morgan fingerprint density at radius 3 is 2.19 bits per heavy atom. The van der Waals surface area contributed by atoms with E-state index in [4.69, 9.17) is 34.8 Å². The molecular formula is C64H83F2N13O10S. The predicted molar refractivity (Wildman–Crippen MR) is 334 cm³/mol. The molecule has 3 unspecified atom stereocenters. The van der Waals surface area contributed by atoms with E-state index in [2.05, 4.69) is 31.9 Å². The number of ether oxygens (including phenoxy) is 4. The molecule has 3 aromatic rings. The van der Waals surface area contributed by atoms with Crippen LogP contribution in [0.25, 0.3) is 0 Å². The Morgan fingerprint density at radius 2 is 1.50 bits per heavy atom. The molecule has 0 radical (unpaired) electrons. The number of likely N-dealkylation sites (N-methyl/N-ethyl adjacent to an activating group) is 1. The summed E-state index contributed by atoms with van der Waals surface area (Å²) in [6, 6.07) is 10.8. The fourth-order valence-electron chi connectivity index (χ4n) is 13.0. The minimum absolute atomic E-state index is 0.0217. The van der Waals surface area contributed by atoms with E-state index in [1.807, 2.05) is 17.9 Å². The van der Waals surface area contributed by atoms with Crippen molar-refractivity contribution >= 4 is 69.3 Å². The number of nitrogens with one attached hydrogen (secondary N) is 3. The van der Waals surface area contributed by atoms with Gasteiger partial charge in [0.05, 0.1) is 118 Å². The number of hydrazone groups is 1. The lowest BCUT2D eigenvalue weighted by Crippen LogP contribution is -2.58. The minimum atomic E-state index is -1.00. The van der Waals surface area contributed by atoms with Crippen LogP contribution in [-0.2, 0) is 43.5 Å². The summed E-state index contributed by atoms with van der Waals surface area (Å²) in [5, 5.41) is 27.2. The van der Waals surface area contributed by atoms with Crippen molar-refractivity contribution in [1.29, 1.82) is 5.26 Å². The number of nitriles is 1. The molecule has 7 heterocycles. The molecule has 7 aliphatic rings. The molecule has 2 aromatic carbocycles. The number of amides is 5. The van der Waals surface area contributed by atoms with Crippen molar-refractivity contribution in [3.8, 4) is 6.07 Å². The highest BCUT2D eigenvalue weighted by Crippen LogP contribution is 2.46. The van der Waals surface area contributed by atoms with Gasteiger partial charge in [0.2, 0.25) is 23.6 Å². The Bertz CT molecular complexity index is 3200. The largest absolute Gasteiger partial charge is 0.382 e. The summed E-state index contributed by atoms with van der Waals surface area (Å²) in [4.78, 5) is 98.7. The van der Waals surface area contributed by atoms with Crippen LogP contribution in [0.3, 0.4) is 0 Å². The van der Waals surface area contributed by atoms with Crippen molar-refractivity contribution in [3.63, 3.8) is 0 Å². The summed E-state index contributed by atoms with van der Waals surface area (Å²) in [7, 11) is 1.68. The summed E-state index contributed by atoms with van der Waals surface area (Å²) in [5.74, 6) is -1.51. The van der Waals surface area contributed by atoms with Gasteiger partial charge in [-0.1, -0.05) is 0 Å². The lowest BCUT2D eigenvalue weighted by molar-refractivity contribution is -0.140. The fraction of sp³-hybridized carbons (Fsp3) is 0.594. The number of carbonyl (C=O) groups is 6. The molecule has 6 aliphatic heterocycles. The van der Waals surface area contributed by atoms with Gasteiger partial charge >= 0.3 is 0 Å². The van der Waals surface area contributed by atoms with Gasteiger partial charge < -0.3 is 60.2 Å². The van der Waals surface area contributed by atoms with Crippen LogP contribution in [0.2, 0.25) is 0 Å². The quantitative estimate of drug-likeness (QED) is 0.0608. The number of rotatable bonds is 27. The number of ketones is 1. The van der Waals surface area contributed by atoms with E-state index in [0.29, 0.717) is 123 Å². The number of Topliss-reactive ketones (excluding diaryl/α,β-unsaturated/α-hetero) is 1. The number of aromatic nitrogens is 1. The van der Waals surface area contributed by atoms with Crippen molar-refractivity contribution in [3.05, 3.63) is 88.6 Å². The number of nitrogen functional groups attached to an aromatic ring is 1. The molecule has 1 aromatic heterocycles. The number of thioether (sulfide) groups is 1. The summed E-state index contributed by atoms with van der Waals surface area (Å²) < 4.78 is 51.1. The minimum Gasteiger partial charge on any atom is -0.382 e. The first kappa shape index (κ1) is 65.8. The summed E-state index contributed by atoms with van der Waals surface area (Å²) >= 11 is 1.46. The maximum absolute atomic E-state index is 14.9. The van der Waals surface area contributed by atoms with Crippen LogP contribution in [0.5, 0.6) is 0 Å². The molecular weight excluding hydrogens is 1180 g/mol. The number of carbonyl (C=O) groups excluding carboxylic acids is 6. The summed E-state index contributed by atoms with van der Waals surface area (Å²) in [5.41, 5.74) is 8.99. The first-order valence-electron chi connectivity index (χ1n) is 31.6. The lowest BCUT2D eigenvalue weighted by atomic mass is 9.73. The van der Waals surface area contributed by atoms with Crippen LogP contribution < -0.4 is 26.6 Å². The Labute approximate surface area is 528 Å². The third-order valence-electron chi connectivity index (χ3n) is 18.4. The zero-order valence-corrected chi connectivity index (χ0v) is 52.4. The van der Waals surface area contributed by atoms with Crippen molar-refractivity contribution in [2.45, 2.75) is 126 Å².